The van der Waals surface area contributed by atoms with Gasteiger partial charge in [0, 0.05) is 11.9 Å². The number of nitrogens with one attached hydrogen (secondary N) is 2. The lowest BCUT2D eigenvalue weighted by Crippen LogP contribution is -2.41. The Hall–Kier alpha value is -2.41. The number of aromatic amines is 1. The average molecular weight is 344 g/mol. The van der Waals surface area contributed by atoms with Crippen LogP contribution in [-0.2, 0) is 6.42 Å². The second-order valence-electron chi connectivity index (χ2n) is 6.51. The number of aryl methyl sites for hydroxylation is 1. The molecule has 1 fully saturated rings. The van der Waals surface area contributed by atoms with Crippen molar-refractivity contribution in [2.75, 3.05) is 7.11 Å². The van der Waals surface area contributed by atoms with E-state index in [1.165, 1.54) is 0 Å². The van der Waals surface area contributed by atoms with E-state index in [1.807, 2.05) is 6.07 Å². The van der Waals surface area contributed by atoms with Gasteiger partial charge in [0.1, 0.15) is 5.75 Å². The number of hydrogen-bond acceptors (Lipinski definition) is 5. The molecule has 1 unspecified atom stereocenters. The van der Waals surface area contributed by atoms with Crippen LogP contribution < -0.4 is 10.1 Å². The maximum atomic E-state index is 12.8. The van der Waals surface area contributed by atoms with Crippen molar-refractivity contribution in [2.24, 2.45) is 5.92 Å². The van der Waals surface area contributed by atoms with E-state index in [1.54, 1.807) is 25.7 Å². The van der Waals surface area contributed by atoms with Crippen LogP contribution in [0.5, 0.6) is 5.75 Å². The summed E-state index contributed by atoms with van der Waals surface area (Å²) in [6.07, 6.45) is 7.67. The number of H-pyrrole nitrogens is 1. The van der Waals surface area contributed by atoms with Crippen LogP contribution in [0.25, 0.3) is 0 Å². The molecule has 7 heteroatoms. The Bertz CT molecular complexity index is 725. The minimum absolute atomic E-state index is 0.161. The third-order valence-electron chi connectivity index (χ3n) is 4.70. The predicted octanol–water partition coefficient (Wildman–Crippen LogP) is 2.01. The fraction of sp³-hybridized carbons (Fsp3) is 0.500. The molecule has 0 saturated heterocycles. The van der Waals surface area contributed by atoms with Crippen molar-refractivity contribution in [3.05, 3.63) is 41.5 Å². The van der Waals surface area contributed by atoms with Crippen LogP contribution in [0.2, 0.25) is 0 Å². The van der Waals surface area contributed by atoms with Gasteiger partial charge in [-0.3, -0.25) is 14.9 Å². The fourth-order valence-electron chi connectivity index (χ4n) is 3.26. The van der Waals surface area contributed by atoms with Crippen LogP contribution in [0, 0.1) is 5.92 Å². The molecule has 0 bridgehead atoms. The molecule has 1 saturated carbocycles. The third kappa shape index (κ3) is 3.82. The van der Waals surface area contributed by atoms with Crippen molar-refractivity contribution in [2.45, 2.75) is 44.8 Å². The summed E-state index contributed by atoms with van der Waals surface area (Å²) in [6, 6.07) is 1.66. The van der Waals surface area contributed by atoms with Crippen LogP contribution in [-0.4, -0.2) is 39.4 Å². The average Bonchev–Trinajstić information content (AvgIpc) is 3.06. The molecule has 134 valence electrons. The number of aliphatic hydroxyl groups excluding tert-OH is 1. The topological polar surface area (TPSA) is 100 Å². The molecule has 7 nitrogen and oxygen atoms in total. The molecule has 3 N–H and O–H groups in total. The Labute approximate surface area is 146 Å². The van der Waals surface area contributed by atoms with Gasteiger partial charge in [0.05, 0.1) is 37.2 Å². The summed E-state index contributed by atoms with van der Waals surface area (Å²) in [4.78, 5) is 17.0. The van der Waals surface area contributed by atoms with E-state index >= 15 is 0 Å². The highest BCUT2D eigenvalue weighted by Crippen LogP contribution is 2.38. The molecule has 2 aromatic rings. The number of amides is 1. The highest BCUT2D eigenvalue weighted by Gasteiger charge is 2.36. The fourth-order valence-corrected chi connectivity index (χ4v) is 3.26. The van der Waals surface area contributed by atoms with Gasteiger partial charge in [-0.2, -0.15) is 5.10 Å². The standard InChI is InChI=1S/C18H24N4O3/c1-3-4-16-15(10-20-22-16)18(24)21-17(11-5-13(23)6-11)12-7-14(25-2)9-19-8-12/h7-11,13,17,23H,3-6H2,1-2H3,(H,20,22)(H,21,24). The molecule has 0 radical (unpaired) electrons. The molecule has 1 aliphatic carbocycles. The van der Waals surface area contributed by atoms with E-state index in [-0.39, 0.29) is 24.0 Å². The molecule has 0 spiro atoms. The van der Waals surface area contributed by atoms with E-state index in [0.29, 0.717) is 24.2 Å². The summed E-state index contributed by atoms with van der Waals surface area (Å²) < 4.78 is 5.25. The molecule has 0 aliphatic heterocycles. The van der Waals surface area contributed by atoms with Crippen LogP contribution in [0.15, 0.2) is 24.7 Å². The maximum absolute atomic E-state index is 12.8. The van der Waals surface area contributed by atoms with Crippen molar-refractivity contribution in [3.63, 3.8) is 0 Å². The Morgan fingerprint density at radius 1 is 1.44 bits per heavy atom. The lowest BCUT2D eigenvalue weighted by atomic mass is 9.75. The smallest absolute Gasteiger partial charge is 0.255 e. The van der Waals surface area contributed by atoms with E-state index in [4.69, 9.17) is 4.74 Å². The summed E-state index contributed by atoms with van der Waals surface area (Å²) in [7, 11) is 1.59. The first-order valence-electron chi connectivity index (χ1n) is 8.62. The first kappa shape index (κ1) is 17.4. The monoisotopic (exact) mass is 344 g/mol. The van der Waals surface area contributed by atoms with Crippen LogP contribution in [0.3, 0.4) is 0 Å². The molecule has 1 atom stereocenters. The number of aliphatic hydroxyl groups is 1. The zero-order chi connectivity index (χ0) is 17.8. The summed E-state index contributed by atoms with van der Waals surface area (Å²) in [6.45, 7) is 2.06. The van der Waals surface area contributed by atoms with E-state index in [9.17, 15) is 9.90 Å². The first-order chi connectivity index (χ1) is 12.1. The predicted molar refractivity (Wildman–Crippen MR) is 92.3 cm³/mol. The zero-order valence-electron chi connectivity index (χ0n) is 14.5. The lowest BCUT2D eigenvalue weighted by molar-refractivity contribution is 0.0234. The molecular weight excluding hydrogens is 320 g/mol. The normalized spacial score (nSPS) is 20.6. The van der Waals surface area contributed by atoms with Gasteiger partial charge in [-0.15, -0.1) is 0 Å². The van der Waals surface area contributed by atoms with Gasteiger partial charge in [0.25, 0.3) is 5.91 Å². The summed E-state index contributed by atoms with van der Waals surface area (Å²) in [5.74, 6) is 0.660. The largest absolute Gasteiger partial charge is 0.495 e. The van der Waals surface area contributed by atoms with Gasteiger partial charge in [-0.05, 0) is 36.8 Å². The number of aromatic nitrogens is 3. The SMILES string of the molecule is CCCc1[nH]ncc1C(=O)NC(c1cncc(OC)c1)C1CC(O)C1. The van der Waals surface area contributed by atoms with E-state index in [0.717, 1.165) is 24.1 Å². The van der Waals surface area contributed by atoms with Gasteiger partial charge < -0.3 is 15.2 Å². The Balaban J connectivity index is 1.82. The molecular formula is C18H24N4O3. The van der Waals surface area contributed by atoms with Gasteiger partial charge >= 0.3 is 0 Å². The number of carbonyl (C=O) groups is 1. The number of ether oxygens (including phenoxy) is 1. The molecule has 0 aromatic carbocycles. The second kappa shape index (κ2) is 7.65. The van der Waals surface area contributed by atoms with Gasteiger partial charge in [0.2, 0.25) is 0 Å². The quantitative estimate of drug-likeness (QED) is 0.713. The first-order valence-corrected chi connectivity index (χ1v) is 8.62. The van der Waals surface area contributed by atoms with Gasteiger partial charge in [0.15, 0.2) is 0 Å². The second-order valence-corrected chi connectivity index (χ2v) is 6.51. The highest BCUT2D eigenvalue weighted by atomic mass is 16.5. The Kier molecular flexibility index (Phi) is 5.33. The van der Waals surface area contributed by atoms with Crippen molar-refractivity contribution >= 4 is 5.91 Å². The highest BCUT2D eigenvalue weighted by molar-refractivity contribution is 5.95. The van der Waals surface area contributed by atoms with Crippen molar-refractivity contribution in [1.29, 1.82) is 0 Å². The number of nitrogens with zero attached hydrogens (tertiary/aromatic N) is 2. The Morgan fingerprint density at radius 3 is 2.92 bits per heavy atom. The van der Waals surface area contributed by atoms with Crippen molar-refractivity contribution in [3.8, 4) is 5.75 Å². The summed E-state index contributed by atoms with van der Waals surface area (Å²) in [5.41, 5.74) is 2.30. The maximum Gasteiger partial charge on any atom is 0.255 e. The number of pyridine rings is 1. The molecule has 25 heavy (non-hydrogen) atoms. The molecule has 1 aliphatic rings. The summed E-state index contributed by atoms with van der Waals surface area (Å²) in [5, 5.41) is 19.7. The summed E-state index contributed by atoms with van der Waals surface area (Å²) >= 11 is 0. The van der Waals surface area contributed by atoms with Crippen LogP contribution in [0.1, 0.15) is 53.8 Å². The van der Waals surface area contributed by atoms with Gasteiger partial charge in [-0.1, -0.05) is 13.3 Å². The zero-order valence-corrected chi connectivity index (χ0v) is 14.5. The minimum Gasteiger partial charge on any atom is -0.495 e. The molecule has 2 aromatic heterocycles. The molecule has 3 rings (SSSR count). The van der Waals surface area contributed by atoms with Crippen LogP contribution in [0.4, 0.5) is 0 Å². The number of carbonyl (C=O) groups excluding carboxylic acids is 1. The number of rotatable bonds is 7. The Morgan fingerprint density at radius 2 is 2.24 bits per heavy atom. The van der Waals surface area contributed by atoms with Crippen LogP contribution >= 0.6 is 0 Å². The molecule has 1 amide bonds. The van der Waals surface area contributed by atoms with Crippen molar-refractivity contribution < 1.29 is 14.6 Å². The van der Waals surface area contributed by atoms with Gasteiger partial charge in [-0.25, -0.2) is 0 Å². The number of methoxy groups -OCH3 is 1. The van der Waals surface area contributed by atoms with E-state index < -0.39 is 0 Å². The van der Waals surface area contributed by atoms with E-state index in [2.05, 4.69) is 27.4 Å². The van der Waals surface area contributed by atoms with Crippen molar-refractivity contribution in [1.82, 2.24) is 20.5 Å². The number of hydrogen-bond donors (Lipinski definition) is 3. The lowest BCUT2D eigenvalue weighted by Gasteiger charge is -2.38. The third-order valence-corrected chi connectivity index (χ3v) is 4.70. The minimum atomic E-state index is -0.299. The molecule has 2 heterocycles.